The van der Waals surface area contributed by atoms with E-state index in [1.807, 2.05) is 12.1 Å². The topological polar surface area (TPSA) is 24.5 Å². The summed E-state index contributed by atoms with van der Waals surface area (Å²) in [5, 5.41) is 4.29. The van der Waals surface area contributed by atoms with E-state index in [2.05, 4.69) is 30.1 Å². The number of piperidine rings is 1. The Hall–Kier alpha value is -0.930. The first kappa shape index (κ1) is 14.5. The number of hydrogen-bond donors (Lipinski definition) is 1. The fraction of sp³-hybridized carbons (Fsp3) is 0.600. The third-order valence-electron chi connectivity index (χ3n) is 3.49. The van der Waals surface area contributed by atoms with E-state index in [1.54, 1.807) is 7.11 Å². The molecular formula is C15H23ClN2O. The summed E-state index contributed by atoms with van der Waals surface area (Å²) in [5.74, 6) is 0.748. The zero-order valence-electron chi connectivity index (χ0n) is 11.9. The fourth-order valence-corrected chi connectivity index (χ4v) is 2.86. The van der Waals surface area contributed by atoms with Crippen molar-refractivity contribution in [3.05, 3.63) is 23.2 Å². The number of methoxy groups -OCH3 is 1. The fourth-order valence-electron chi connectivity index (χ4n) is 2.66. The lowest BCUT2D eigenvalue weighted by molar-refractivity contribution is 0.393. The summed E-state index contributed by atoms with van der Waals surface area (Å²) in [6, 6.07) is 7.11. The molecule has 1 atom stereocenters. The summed E-state index contributed by atoms with van der Waals surface area (Å²) in [6.07, 6.45) is 2.47. The van der Waals surface area contributed by atoms with Gasteiger partial charge in [0.15, 0.2) is 0 Å². The molecule has 1 heterocycles. The molecule has 1 saturated heterocycles. The lowest BCUT2D eigenvalue weighted by Gasteiger charge is -2.36. The van der Waals surface area contributed by atoms with Crippen molar-refractivity contribution in [1.82, 2.24) is 5.32 Å². The van der Waals surface area contributed by atoms with Gasteiger partial charge in [-0.25, -0.2) is 0 Å². The predicted molar refractivity (Wildman–Crippen MR) is 81.5 cm³/mol. The predicted octanol–water partition coefficient (Wildman–Crippen LogP) is 3.32. The van der Waals surface area contributed by atoms with Gasteiger partial charge >= 0.3 is 0 Å². The number of halogens is 1. The first-order valence-corrected chi connectivity index (χ1v) is 7.32. The number of nitrogens with one attached hydrogen (secondary N) is 1. The van der Waals surface area contributed by atoms with Gasteiger partial charge < -0.3 is 15.0 Å². The SMILES string of the molecule is COc1cc(N2CCCC(NC(C)C)C2)ccc1Cl. The number of nitrogens with zero attached hydrogens (tertiary/aromatic N) is 1. The van der Waals surface area contributed by atoms with Crippen LogP contribution in [0.4, 0.5) is 5.69 Å². The zero-order valence-corrected chi connectivity index (χ0v) is 12.7. The maximum absolute atomic E-state index is 6.08. The molecule has 1 unspecified atom stereocenters. The van der Waals surface area contributed by atoms with Crippen LogP contribution in [0.2, 0.25) is 5.02 Å². The minimum atomic E-state index is 0.532. The van der Waals surface area contributed by atoms with E-state index < -0.39 is 0 Å². The van der Waals surface area contributed by atoms with Gasteiger partial charge in [0.1, 0.15) is 5.75 Å². The molecular weight excluding hydrogens is 260 g/mol. The van der Waals surface area contributed by atoms with Gasteiger partial charge in [0.2, 0.25) is 0 Å². The van der Waals surface area contributed by atoms with E-state index in [-0.39, 0.29) is 0 Å². The van der Waals surface area contributed by atoms with E-state index in [0.717, 1.165) is 18.8 Å². The van der Waals surface area contributed by atoms with Gasteiger partial charge in [-0.2, -0.15) is 0 Å². The van der Waals surface area contributed by atoms with Crippen molar-refractivity contribution in [1.29, 1.82) is 0 Å². The van der Waals surface area contributed by atoms with Crippen molar-refractivity contribution >= 4 is 17.3 Å². The van der Waals surface area contributed by atoms with Crippen molar-refractivity contribution in [2.75, 3.05) is 25.1 Å². The summed E-state index contributed by atoms with van der Waals surface area (Å²) < 4.78 is 5.29. The first-order chi connectivity index (χ1) is 9.10. The molecule has 0 spiro atoms. The van der Waals surface area contributed by atoms with E-state index >= 15 is 0 Å². The Labute approximate surface area is 120 Å². The van der Waals surface area contributed by atoms with Crippen molar-refractivity contribution < 1.29 is 4.74 Å². The number of benzene rings is 1. The minimum Gasteiger partial charge on any atom is -0.495 e. The Kier molecular flexibility index (Phi) is 4.94. The van der Waals surface area contributed by atoms with E-state index in [0.29, 0.717) is 17.1 Å². The van der Waals surface area contributed by atoms with Crippen LogP contribution in [0.5, 0.6) is 5.75 Å². The molecule has 0 amide bonds. The van der Waals surface area contributed by atoms with E-state index in [9.17, 15) is 0 Å². The Morgan fingerprint density at radius 3 is 2.89 bits per heavy atom. The Morgan fingerprint density at radius 1 is 1.42 bits per heavy atom. The highest BCUT2D eigenvalue weighted by Gasteiger charge is 2.21. The van der Waals surface area contributed by atoms with Crippen molar-refractivity contribution in [3.63, 3.8) is 0 Å². The van der Waals surface area contributed by atoms with Crippen LogP contribution in [0.15, 0.2) is 18.2 Å². The first-order valence-electron chi connectivity index (χ1n) is 6.94. The number of anilines is 1. The summed E-state index contributed by atoms with van der Waals surface area (Å²) >= 11 is 6.08. The van der Waals surface area contributed by atoms with Crippen molar-refractivity contribution in [3.8, 4) is 5.75 Å². The molecule has 3 nitrogen and oxygen atoms in total. The molecule has 1 aromatic carbocycles. The van der Waals surface area contributed by atoms with Gasteiger partial charge in [0.25, 0.3) is 0 Å². The minimum absolute atomic E-state index is 0.532. The second-order valence-electron chi connectivity index (χ2n) is 5.43. The summed E-state index contributed by atoms with van der Waals surface area (Å²) in [5.41, 5.74) is 1.19. The van der Waals surface area contributed by atoms with Crippen molar-refractivity contribution in [2.24, 2.45) is 0 Å². The van der Waals surface area contributed by atoms with Crippen LogP contribution in [-0.4, -0.2) is 32.3 Å². The summed E-state index contributed by atoms with van der Waals surface area (Å²) in [4.78, 5) is 2.41. The van der Waals surface area contributed by atoms with Gasteiger partial charge in [-0.05, 0) is 25.0 Å². The standard InChI is InChI=1S/C15H23ClN2O/c1-11(2)17-12-5-4-8-18(10-12)13-6-7-14(16)15(9-13)19-3/h6-7,9,11-12,17H,4-5,8,10H2,1-3H3. The molecule has 0 bridgehead atoms. The summed E-state index contributed by atoms with van der Waals surface area (Å²) in [6.45, 7) is 6.54. The summed E-state index contributed by atoms with van der Waals surface area (Å²) in [7, 11) is 1.66. The number of rotatable bonds is 4. The van der Waals surface area contributed by atoms with Crippen LogP contribution in [-0.2, 0) is 0 Å². The molecule has 1 N–H and O–H groups in total. The van der Waals surface area contributed by atoms with Crippen LogP contribution in [0.3, 0.4) is 0 Å². The van der Waals surface area contributed by atoms with Crippen molar-refractivity contribution in [2.45, 2.75) is 38.8 Å². The second-order valence-corrected chi connectivity index (χ2v) is 5.83. The highest BCUT2D eigenvalue weighted by molar-refractivity contribution is 6.32. The quantitative estimate of drug-likeness (QED) is 0.917. The smallest absolute Gasteiger partial charge is 0.139 e. The third-order valence-corrected chi connectivity index (χ3v) is 3.80. The monoisotopic (exact) mass is 282 g/mol. The van der Waals surface area contributed by atoms with Crippen LogP contribution in [0.25, 0.3) is 0 Å². The lowest BCUT2D eigenvalue weighted by atomic mass is 10.0. The molecule has 0 aliphatic carbocycles. The van der Waals surface area contributed by atoms with E-state index in [4.69, 9.17) is 16.3 Å². The van der Waals surface area contributed by atoms with Gasteiger partial charge in [0, 0.05) is 36.9 Å². The third kappa shape index (κ3) is 3.77. The maximum Gasteiger partial charge on any atom is 0.139 e. The molecule has 0 aromatic heterocycles. The molecule has 106 valence electrons. The molecule has 1 aliphatic rings. The van der Waals surface area contributed by atoms with Crippen LogP contribution < -0.4 is 15.0 Å². The van der Waals surface area contributed by atoms with Crippen LogP contribution in [0.1, 0.15) is 26.7 Å². The second kappa shape index (κ2) is 6.49. The van der Waals surface area contributed by atoms with Gasteiger partial charge in [0.05, 0.1) is 12.1 Å². The van der Waals surface area contributed by atoms with Crippen LogP contribution >= 0.6 is 11.6 Å². The molecule has 1 aliphatic heterocycles. The van der Waals surface area contributed by atoms with Crippen LogP contribution in [0, 0.1) is 0 Å². The Morgan fingerprint density at radius 2 is 2.21 bits per heavy atom. The van der Waals surface area contributed by atoms with Gasteiger partial charge in [-0.15, -0.1) is 0 Å². The number of hydrogen-bond acceptors (Lipinski definition) is 3. The molecule has 0 saturated carbocycles. The average molecular weight is 283 g/mol. The average Bonchev–Trinajstić information content (AvgIpc) is 2.39. The van der Waals surface area contributed by atoms with E-state index in [1.165, 1.54) is 18.5 Å². The molecule has 19 heavy (non-hydrogen) atoms. The largest absolute Gasteiger partial charge is 0.495 e. The molecule has 1 fully saturated rings. The Balaban J connectivity index is 2.08. The number of ether oxygens (including phenoxy) is 1. The molecule has 4 heteroatoms. The Bertz CT molecular complexity index is 423. The maximum atomic E-state index is 6.08. The normalized spacial score (nSPS) is 19.8. The van der Waals surface area contributed by atoms with Gasteiger partial charge in [-0.1, -0.05) is 25.4 Å². The molecule has 0 radical (unpaired) electrons. The highest BCUT2D eigenvalue weighted by atomic mass is 35.5. The zero-order chi connectivity index (χ0) is 13.8. The van der Waals surface area contributed by atoms with Gasteiger partial charge in [-0.3, -0.25) is 0 Å². The molecule has 1 aromatic rings. The lowest BCUT2D eigenvalue weighted by Crippen LogP contribution is -2.47. The highest BCUT2D eigenvalue weighted by Crippen LogP contribution is 2.30. The molecule has 2 rings (SSSR count).